The van der Waals surface area contributed by atoms with Crippen molar-refractivity contribution >= 4 is 11.8 Å². The standard InChI is InChI=1S/C22H33N5O2/c1-15-9-16(2)12-27(11-15)21(29)14-26-7-4-5-20(26)22-23-10-18-13-25(17(3)28)8-6-19(18)24-22/h10,15-16,20H,4-9,11-14H2,1-3H3/t15-,16-,20-/m0/s1. The Morgan fingerprint density at radius 1 is 1.14 bits per heavy atom. The summed E-state index contributed by atoms with van der Waals surface area (Å²) in [7, 11) is 0. The minimum Gasteiger partial charge on any atom is -0.341 e. The van der Waals surface area contributed by atoms with Crippen LogP contribution in [0, 0.1) is 11.8 Å². The maximum Gasteiger partial charge on any atom is 0.236 e. The van der Waals surface area contributed by atoms with Crippen molar-refractivity contribution in [3.8, 4) is 0 Å². The number of hydrogen-bond donors (Lipinski definition) is 0. The fraction of sp³-hybridized carbons (Fsp3) is 0.727. The smallest absolute Gasteiger partial charge is 0.236 e. The van der Waals surface area contributed by atoms with E-state index in [2.05, 4.69) is 28.6 Å². The molecule has 3 aliphatic rings. The number of likely N-dealkylation sites (tertiary alicyclic amines) is 2. The lowest BCUT2D eigenvalue weighted by molar-refractivity contribution is -0.135. The monoisotopic (exact) mass is 399 g/mol. The summed E-state index contributed by atoms with van der Waals surface area (Å²) in [5.74, 6) is 2.34. The predicted octanol–water partition coefficient (Wildman–Crippen LogP) is 2.02. The molecule has 4 heterocycles. The van der Waals surface area contributed by atoms with Crippen molar-refractivity contribution in [2.24, 2.45) is 11.8 Å². The van der Waals surface area contributed by atoms with Gasteiger partial charge < -0.3 is 9.80 Å². The van der Waals surface area contributed by atoms with Gasteiger partial charge in [-0.15, -0.1) is 0 Å². The molecule has 1 aromatic rings. The summed E-state index contributed by atoms with van der Waals surface area (Å²) in [6.45, 7) is 10.5. The summed E-state index contributed by atoms with van der Waals surface area (Å²) >= 11 is 0. The Labute approximate surface area is 173 Å². The molecule has 0 aromatic carbocycles. The van der Waals surface area contributed by atoms with Gasteiger partial charge in [-0.05, 0) is 37.6 Å². The highest BCUT2D eigenvalue weighted by Gasteiger charge is 2.33. The average Bonchev–Trinajstić information content (AvgIpc) is 3.14. The molecule has 7 nitrogen and oxygen atoms in total. The summed E-state index contributed by atoms with van der Waals surface area (Å²) in [6, 6.07) is 0.120. The third-order valence-electron chi connectivity index (χ3n) is 6.62. The van der Waals surface area contributed by atoms with Crippen molar-refractivity contribution in [3.05, 3.63) is 23.3 Å². The molecular weight excluding hydrogens is 366 g/mol. The Kier molecular flexibility index (Phi) is 5.86. The van der Waals surface area contributed by atoms with Gasteiger partial charge in [0, 0.05) is 51.3 Å². The van der Waals surface area contributed by atoms with Crippen LogP contribution in [0.15, 0.2) is 6.20 Å². The van der Waals surface area contributed by atoms with E-state index in [0.29, 0.717) is 24.9 Å². The SMILES string of the molecule is CC(=O)N1CCc2nc([C@@H]3CCCN3CC(=O)N3C[C@@H](C)C[C@H](C)C3)ncc2C1. The lowest BCUT2D eigenvalue weighted by atomic mass is 9.92. The second-order valence-electron chi connectivity index (χ2n) is 9.26. The third-order valence-corrected chi connectivity index (χ3v) is 6.62. The van der Waals surface area contributed by atoms with E-state index in [0.717, 1.165) is 62.5 Å². The minimum absolute atomic E-state index is 0.0987. The van der Waals surface area contributed by atoms with Crippen molar-refractivity contribution in [2.75, 3.05) is 32.7 Å². The Bertz CT molecular complexity index is 772. The molecule has 3 atom stereocenters. The van der Waals surface area contributed by atoms with Gasteiger partial charge in [0.25, 0.3) is 0 Å². The number of carbonyl (C=O) groups excluding carboxylic acids is 2. The van der Waals surface area contributed by atoms with Crippen molar-refractivity contribution in [1.29, 1.82) is 0 Å². The van der Waals surface area contributed by atoms with Crippen LogP contribution >= 0.6 is 0 Å². The second-order valence-corrected chi connectivity index (χ2v) is 9.26. The van der Waals surface area contributed by atoms with Gasteiger partial charge in [0.05, 0.1) is 18.3 Å². The van der Waals surface area contributed by atoms with E-state index in [1.807, 2.05) is 11.1 Å². The largest absolute Gasteiger partial charge is 0.341 e. The minimum atomic E-state index is 0.0987. The molecule has 0 N–H and O–H groups in total. The van der Waals surface area contributed by atoms with Crippen molar-refractivity contribution < 1.29 is 9.59 Å². The molecule has 0 saturated carbocycles. The van der Waals surface area contributed by atoms with Gasteiger partial charge in [-0.3, -0.25) is 14.5 Å². The molecule has 4 rings (SSSR count). The maximum atomic E-state index is 13.0. The molecule has 0 unspecified atom stereocenters. The van der Waals surface area contributed by atoms with Crippen LogP contribution < -0.4 is 0 Å². The van der Waals surface area contributed by atoms with E-state index in [9.17, 15) is 9.59 Å². The van der Waals surface area contributed by atoms with Crippen LogP contribution in [-0.2, 0) is 22.6 Å². The first-order valence-corrected chi connectivity index (χ1v) is 11.0. The molecule has 2 amide bonds. The lowest BCUT2D eigenvalue weighted by Crippen LogP contribution is -2.47. The molecule has 3 aliphatic heterocycles. The number of aromatic nitrogens is 2. The Morgan fingerprint density at radius 3 is 2.62 bits per heavy atom. The van der Waals surface area contributed by atoms with Crippen molar-refractivity contribution in [3.63, 3.8) is 0 Å². The zero-order valence-corrected chi connectivity index (χ0v) is 17.9. The zero-order chi connectivity index (χ0) is 20.5. The molecule has 29 heavy (non-hydrogen) atoms. The first-order chi connectivity index (χ1) is 13.9. The van der Waals surface area contributed by atoms with E-state index in [-0.39, 0.29) is 17.9 Å². The number of piperidine rings is 1. The van der Waals surface area contributed by atoms with E-state index < -0.39 is 0 Å². The van der Waals surface area contributed by atoms with Crippen LogP contribution in [0.1, 0.15) is 63.2 Å². The lowest BCUT2D eigenvalue weighted by Gasteiger charge is -2.36. The molecule has 2 fully saturated rings. The zero-order valence-electron chi connectivity index (χ0n) is 17.9. The predicted molar refractivity (Wildman–Crippen MR) is 110 cm³/mol. The summed E-state index contributed by atoms with van der Waals surface area (Å²) in [5, 5.41) is 0. The first-order valence-electron chi connectivity index (χ1n) is 11.0. The molecule has 0 spiro atoms. The van der Waals surface area contributed by atoms with Crippen molar-refractivity contribution in [2.45, 2.75) is 59.0 Å². The third kappa shape index (κ3) is 4.44. The summed E-state index contributed by atoms with van der Waals surface area (Å²) < 4.78 is 0. The van der Waals surface area contributed by atoms with Gasteiger partial charge in [-0.1, -0.05) is 13.8 Å². The van der Waals surface area contributed by atoms with Gasteiger partial charge >= 0.3 is 0 Å². The molecular formula is C22H33N5O2. The molecule has 0 aliphatic carbocycles. The fourth-order valence-corrected chi connectivity index (χ4v) is 5.21. The van der Waals surface area contributed by atoms with Crippen LogP contribution in [0.4, 0.5) is 0 Å². The highest BCUT2D eigenvalue weighted by Crippen LogP contribution is 2.31. The van der Waals surface area contributed by atoms with Gasteiger partial charge in [0.1, 0.15) is 5.82 Å². The molecule has 7 heteroatoms. The van der Waals surface area contributed by atoms with Crippen LogP contribution in [0.3, 0.4) is 0 Å². The highest BCUT2D eigenvalue weighted by atomic mass is 16.2. The quantitative estimate of drug-likeness (QED) is 0.778. The maximum absolute atomic E-state index is 13.0. The summed E-state index contributed by atoms with van der Waals surface area (Å²) in [4.78, 5) is 40.3. The van der Waals surface area contributed by atoms with Gasteiger partial charge in [-0.25, -0.2) is 9.97 Å². The number of hydrogen-bond acceptors (Lipinski definition) is 5. The van der Waals surface area contributed by atoms with Crippen LogP contribution in [0.2, 0.25) is 0 Å². The number of nitrogens with zero attached hydrogens (tertiary/aromatic N) is 5. The Hall–Kier alpha value is -2.02. The van der Waals surface area contributed by atoms with E-state index in [4.69, 9.17) is 4.98 Å². The van der Waals surface area contributed by atoms with Gasteiger partial charge in [0.15, 0.2) is 0 Å². The number of amides is 2. The molecule has 0 radical (unpaired) electrons. The van der Waals surface area contributed by atoms with Crippen molar-refractivity contribution in [1.82, 2.24) is 24.7 Å². The topological polar surface area (TPSA) is 69.6 Å². The van der Waals surface area contributed by atoms with Crippen LogP contribution in [0.25, 0.3) is 0 Å². The normalized spacial score (nSPS) is 27.8. The van der Waals surface area contributed by atoms with Gasteiger partial charge in [0.2, 0.25) is 11.8 Å². The average molecular weight is 400 g/mol. The van der Waals surface area contributed by atoms with E-state index in [1.165, 1.54) is 6.42 Å². The second kappa shape index (κ2) is 8.38. The number of fused-ring (bicyclic) bond motifs is 1. The Morgan fingerprint density at radius 2 is 1.90 bits per heavy atom. The molecule has 0 bridgehead atoms. The fourth-order valence-electron chi connectivity index (χ4n) is 5.21. The van der Waals surface area contributed by atoms with Crippen LogP contribution in [0.5, 0.6) is 0 Å². The summed E-state index contributed by atoms with van der Waals surface area (Å²) in [6.07, 6.45) is 5.95. The number of carbonyl (C=O) groups is 2. The molecule has 1 aromatic heterocycles. The summed E-state index contributed by atoms with van der Waals surface area (Å²) in [5.41, 5.74) is 2.11. The van der Waals surface area contributed by atoms with Gasteiger partial charge in [-0.2, -0.15) is 0 Å². The first kappa shape index (κ1) is 20.3. The molecule has 158 valence electrons. The molecule has 2 saturated heterocycles. The van der Waals surface area contributed by atoms with Crippen LogP contribution in [-0.4, -0.2) is 69.2 Å². The highest BCUT2D eigenvalue weighted by molar-refractivity contribution is 5.78. The number of rotatable bonds is 3. The van der Waals surface area contributed by atoms with E-state index in [1.54, 1.807) is 6.92 Å². The Balaban J connectivity index is 1.43. The van der Waals surface area contributed by atoms with E-state index >= 15 is 0 Å².